The van der Waals surface area contributed by atoms with Crippen molar-refractivity contribution < 1.29 is 13.7 Å². The molecule has 19 heavy (non-hydrogen) atoms. The fourth-order valence-electron chi connectivity index (χ4n) is 1.79. The molecule has 1 aromatic rings. The van der Waals surface area contributed by atoms with Gasteiger partial charge in [0, 0.05) is 27.7 Å². The van der Waals surface area contributed by atoms with Gasteiger partial charge in [0.25, 0.3) is 0 Å². The number of halogens is 1. The zero-order chi connectivity index (χ0) is 14.3. The maximum absolute atomic E-state index is 12.0. The highest BCUT2D eigenvalue weighted by Crippen LogP contribution is 2.30. The van der Waals surface area contributed by atoms with E-state index in [1.54, 1.807) is 14.2 Å². The van der Waals surface area contributed by atoms with E-state index in [4.69, 9.17) is 21.1 Å². The number of unbranched alkanes of at least 4 members (excludes halogenated alkanes) is 1. The minimum atomic E-state index is -0.870. The first kappa shape index (κ1) is 16.3. The molecular weight excluding hydrogens is 284 g/mol. The molecule has 0 aliphatic rings. The Hall–Kier alpha value is -0.740. The van der Waals surface area contributed by atoms with Crippen molar-refractivity contribution in [2.45, 2.75) is 31.4 Å². The largest absolute Gasteiger partial charge is 0.496 e. The molecule has 1 atom stereocenters. The van der Waals surface area contributed by atoms with E-state index < -0.39 is 10.8 Å². The average molecular weight is 305 g/mol. The summed E-state index contributed by atoms with van der Waals surface area (Å²) in [5.74, 6) is 3.01. The second-order valence-corrected chi connectivity index (χ2v) is 6.10. The van der Waals surface area contributed by atoms with Crippen LogP contribution in [0.15, 0.2) is 12.1 Å². The first-order valence-electron chi connectivity index (χ1n) is 6.30. The van der Waals surface area contributed by atoms with Crippen molar-refractivity contribution in [3.05, 3.63) is 23.3 Å². The highest BCUT2D eigenvalue weighted by Gasteiger charge is 2.13. The summed E-state index contributed by atoms with van der Waals surface area (Å²) in [6.45, 7) is 2.09. The number of benzene rings is 1. The van der Waals surface area contributed by atoms with Crippen molar-refractivity contribution in [1.82, 2.24) is 0 Å². The quantitative estimate of drug-likeness (QED) is 0.690. The van der Waals surface area contributed by atoms with Crippen molar-refractivity contribution in [1.29, 1.82) is 0 Å². The molecular formula is C14H21ClO3S. The van der Waals surface area contributed by atoms with Crippen LogP contribution in [0.1, 0.15) is 30.9 Å². The van der Waals surface area contributed by atoms with Crippen LogP contribution in [-0.2, 0) is 22.4 Å². The van der Waals surface area contributed by atoms with E-state index in [0.29, 0.717) is 11.6 Å². The van der Waals surface area contributed by atoms with Gasteiger partial charge in [0.15, 0.2) is 0 Å². The van der Waals surface area contributed by atoms with Crippen molar-refractivity contribution >= 4 is 22.4 Å². The molecule has 0 amide bonds. The zero-order valence-electron chi connectivity index (χ0n) is 11.7. The van der Waals surface area contributed by atoms with Crippen molar-refractivity contribution in [2.24, 2.45) is 0 Å². The lowest BCUT2D eigenvalue weighted by Crippen LogP contribution is -2.04. The van der Waals surface area contributed by atoms with Crippen LogP contribution < -0.4 is 9.47 Å². The Labute approximate surface area is 122 Å². The molecule has 0 radical (unpaired) electrons. The summed E-state index contributed by atoms with van der Waals surface area (Å²) in [6.07, 6.45) is 2.03. The topological polar surface area (TPSA) is 35.5 Å². The SMILES string of the molecule is CCCCS(=O)Cc1cc(OC)c(CCl)cc1OC. The smallest absolute Gasteiger partial charge is 0.123 e. The van der Waals surface area contributed by atoms with Crippen molar-refractivity contribution in [2.75, 3.05) is 20.0 Å². The number of hydrogen-bond donors (Lipinski definition) is 0. The van der Waals surface area contributed by atoms with Crippen LogP contribution in [0.3, 0.4) is 0 Å². The Morgan fingerprint density at radius 1 is 1.16 bits per heavy atom. The molecule has 0 bridgehead atoms. The lowest BCUT2D eigenvalue weighted by Gasteiger charge is -2.13. The molecule has 1 aromatic carbocycles. The molecule has 0 aliphatic heterocycles. The van der Waals surface area contributed by atoms with Gasteiger partial charge in [-0.05, 0) is 18.6 Å². The standard InChI is InChI=1S/C14H21ClO3S/c1-4-5-6-19(16)10-12-8-13(17-2)11(9-15)7-14(12)18-3/h7-8H,4-6,9-10H2,1-3H3. The van der Waals surface area contributed by atoms with Crippen molar-refractivity contribution in [3.8, 4) is 11.5 Å². The number of alkyl halides is 1. The summed E-state index contributed by atoms with van der Waals surface area (Å²) in [6, 6.07) is 3.73. The van der Waals surface area contributed by atoms with E-state index >= 15 is 0 Å². The fourth-order valence-corrected chi connectivity index (χ4v) is 3.33. The Bertz CT molecular complexity index is 435. The predicted molar refractivity (Wildman–Crippen MR) is 80.7 cm³/mol. The van der Waals surface area contributed by atoms with E-state index in [0.717, 1.165) is 41.2 Å². The van der Waals surface area contributed by atoms with Gasteiger partial charge < -0.3 is 9.47 Å². The highest BCUT2D eigenvalue weighted by atomic mass is 35.5. The first-order chi connectivity index (χ1) is 9.15. The molecule has 0 aromatic heterocycles. The summed E-state index contributed by atoms with van der Waals surface area (Å²) >= 11 is 5.87. The number of hydrogen-bond acceptors (Lipinski definition) is 3. The second-order valence-electron chi connectivity index (χ2n) is 4.25. The lowest BCUT2D eigenvalue weighted by atomic mass is 10.1. The molecule has 3 nitrogen and oxygen atoms in total. The summed E-state index contributed by atoms with van der Waals surface area (Å²) in [7, 11) is 2.35. The maximum Gasteiger partial charge on any atom is 0.123 e. The molecule has 0 aliphatic carbocycles. The monoisotopic (exact) mass is 304 g/mol. The maximum atomic E-state index is 12.0. The van der Waals surface area contributed by atoms with E-state index in [2.05, 4.69) is 6.92 Å². The van der Waals surface area contributed by atoms with Gasteiger partial charge in [0.05, 0.1) is 25.9 Å². The molecule has 0 spiro atoms. The van der Waals surface area contributed by atoms with Gasteiger partial charge in [0.2, 0.25) is 0 Å². The second kappa shape index (κ2) is 8.43. The van der Waals surface area contributed by atoms with Crippen LogP contribution in [0.5, 0.6) is 11.5 Å². The molecule has 0 saturated heterocycles. The zero-order valence-corrected chi connectivity index (χ0v) is 13.3. The van der Waals surface area contributed by atoms with Gasteiger partial charge in [-0.2, -0.15) is 0 Å². The highest BCUT2D eigenvalue weighted by molar-refractivity contribution is 7.84. The van der Waals surface area contributed by atoms with Gasteiger partial charge in [-0.3, -0.25) is 4.21 Å². The predicted octanol–water partition coefficient (Wildman–Crippen LogP) is 3.49. The van der Waals surface area contributed by atoms with Crippen LogP contribution in [0.25, 0.3) is 0 Å². The summed E-state index contributed by atoms with van der Waals surface area (Å²) in [5.41, 5.74) is 1.78. The van der Waals surface area contributed by atoms with Gasteiger partial charge in [0.1, 0.15) is 11.5 Å². The molecule has 1 rings (SSSR count). The van der Waals surface area contributed by atoms with Crippen LogP contribution in [0.2, 0.25) is 0 Å². The molecule has 0 N–H and O–H groups in total. The number of ether oxygens (including phenoxy) is 2. The van der Waals surface area contributed by atoms with E-state index in [1.165, 1.54) is 0 Å². The van der Waals surface area contributed by atoms with Gasteiger partial charge in [-0.15, -0.1) is 11.6 Å². The Balaban J connectivity index is 2.95. The number of methoxy groups -OCH3 is 2. The van der Waals surface area contributed by atoms with Gasteiger partial charge in [-0.25, -0.2) is 0 Å². The summed E-state index contributed by atoms with van der Waals surface area (Å²) in [5, 5.41) is 0. The van der Waals surface area contributed by atoms with E-state index in [-0.39, 0.29) is 0 Å². The lowest BCUT2D eigenvalue weighted by molar-refractivity contribution is 0.397. The Morgan fingerprint density at radius 2 is 1.74 bits per heavy atom. The minimum Gasteiger partial charge on any atom is -0.496 e. The fraction of sp³-hybridized carbons (Fsp3) is 0.571. The third-order valence-electron chi connectivity index (χ3n) is 2.87. The molecule has 0 heterocycles. The van der Waals surface area contributed by atoms with Crippen LogP contribution >= 0.6 is 11.6 Å². The minimum absolute atomic E-state index is 0.360. The Kier molecular flexibility index (Phi) is 7.24. The van der Waals surface area contributed by atoms with Crippen LogP contribution in [0, 0.1) is 0 Å². The summed E-state index contributed by atoms with van der Waals surface area (Å²) < 4.78 is 22.6. The van der Waals surface area contributed by atoms with Gasteiger partial charge >= 0.3 is 0 Å². The normalized spacial score (nSPS) is 12.2. The Morgan fingerprint density at radius 3 is 2.26 bits per heavy atom. The molecule has 108 valence electrons. The van der Waals surface area contributed by atoms with E-state index in [9.17, 15) is 4.21 Å². The van der Waals surface area contributed by atoms with Crippen molar-refractivity contribution in [3.63, 3.8) is 0 Å². The third kappa shape index (κ3) is 4.69. The average Bonchev–Trinajstić information content (AvgIpc) is 2.44. The third-order valence-corrected chi connectivity index (χ3v) is 4.53. The van der Waals surface area contributed by atoms with Crippen LogP contribution in [0.4, 0.5) is 0 Å². The molecule has 1 unspecified atom stereocenters. The van der Waals surface area contributed by atoms with E-state index in [1.807, 2.05) is 12.1 Å². The number of rotatable bonds is 8. The molecule has 0 fully saturated rings. The van der Waals surface area contributed by atoms with Gasteiger partial charge in [-0.1, -0.05) is 13.3 Å². The molecule has 0 saturated carbocycles. The first-order valence-corrected chi connectivity index (χ1v) is 8.33. The van der Waals surface area contributed by atoms with Crippen LogP contribution in [-0.4, -0.2) is 24.2 Å². The summed E-state index contributed by atoms with van der Waals surface area (Å²) in [4.78, 5) is 0. The molecule has 5 heteroatoms.